The number of carbonyl (C=O) groups excluding carboxylic acids is 1. The number of hydrogen-bond acceptors (Lipinski definition) is 2. The number of rotatable bonds is 2. The molecule has 74 valence electrons. The molecule has 2 rings (SSSR count). The molecule has 2 aliphatic rings. The average molecular weight is 182 g/mol. The van der Waals surface area contributed by atoms with E-state index in [9.17, 15) is 4.79 Å². The van der Waals surface area contributed by atoms with Crippen LogP contribution in [0.15, 0.2) is 0 Å². The van der Waals surface area contributed by atoms with Crippen LogP contribution >= 0.6 is 0 Å². The minimum atomic E-state index is -0.126. The molecule has 1 heterocycles. The lowest BCUT2D eigenvalue weighted by Gasteiger charge is -2.22. The Kier molecular flexibility index (Phi) is 2.06. The van der Waals surface area contributed by atoms with Crippen LogP contribution in [0, 0.1) is 0 Å². The third-order valence-corrected chi connectivity index (χ3v) is 3.27. The predicted octanol–water partition coefficient (Wildman–Crippen LogP) is 0.879. The first-order valence-electron chi connectivity index (χ1n) is 5.19. The minimum Gasteiger partial charge on any atom is -0.340 e. The summed E-state index contributed by atoms with van der Waals surface area (Å²) in [6, 6.07) is 0.440. The number of hydrogen-bond donors (Lipinski definition) is 1. The van der Waals surface area contributed by atoms with Crippen LogP contribution in [-0.4, -0.2) is 28.9 Å². The second-order valence-electron chi connectivity index (χ2n) is 4.62. The van der Waals surface area contributed by atoms with Crippen molar-refractivity contribution >= 4 is 5.91 Å². The fourth-order valence-corrected chi connectivity index (χ4v) is 2.04. The summed E-state index contributed by atoms with van der Waals surface area (Å²) >= 11 is 0. The third kappa shape index (κ3) is 1.85. The van der Waals surface area contributed by atoms with Gasteiger partial charge in [-0.05, 0) is 32.6 Å². The summed E-state index contributed by atoms with van der Waals surface area (Å²) in [5, 5.41) is 0. The van der Waals surface area contributed by atoms with Crippen LogP contribution in [-0.2, 0) is 4.79 Å². The summed E-state index contributed by atoms with van der Waals surface area (Å²) in [5.41, 5.74) is 5.79. The van der Waals surface area contributed by atoms with Crippen LogP contribution in [0.25, 0.3) is 0 Å². The fraction of sp³-hybridized carbons (Fsp3) is 0.900. The number of amides is 1. The minimum absolute atomic E-state index is 0.126. The second-order valence-corrected chi connectivity index (χ2v) is 4.62. The Labute approximate surface area is 79.3 Å². The van der Waals surface area contributed by atoms with Crippen molar-refractivity contribution < 1.29 is 4.79 Å². The molecule has 0 aromatic heterocycles. The third-order valence-electron chi connectivity index (χ3n) is 3.27. The second kappa shape index (κ2) is 2.98. The molecular weight excluding hydrogens is 164 g/mol. The predicted molar refractivity (Wildman–Crippen MR) is 51.2 cm³/mol. The highest BCUT2D eigenvalue weighted by atomic mass is 16.2. The van der Waals surface area contributed by atoms with Crippen LogP contribution < -0.4 is 5.73 Å². The Morgan fingerprint density at radius 1 is 1.62 bits per heavy atom. The zero-order valence-electron chi connectivity index (χ0n) is 8.25. The van der Waals surface area contributed by atoms with Crippen LogP contribution in [0.2, 0.25) is 0 Å². The van der Waals surface area contributed by atoms with Gasteiger partial charge < -0.3 is 10.6 Å². The zero-order chi connectivity index (χ0) is 9.47. The molecule has 2 N–H and O–H groups in total. The Hall–Kier alpha value is -0.570. The molecule has 2 fully saturated rings. The van der Waals surface area contributed by atoms with Crippen molar-refractivity contribution in [3.63, 3.8) is 0 Å². The van der Waals surface area contributed by atoms with E-state index < -0.39 is 0 Å². The number of carbonyl (C=O) groups is 1. The van der Waals surface area contributed by atoms with Crippen LogP contribution in [0.5, 0.6) is 0 Å². The van der Waals surface area contributed by atoms with Gasteiger partial charge in [0.05, 0.1) is 0 Å². The van der Waals surface area contributed by atoms with Gasteiger partial charge in [0, 0.05) is 24.5 Å². The molecule has 0 radical (unpaired) electrons. The van der Waals surface area contributed by atoms with Crippen molar-refractivity contribution in [2.24, 2.45) is 5.73 Å². The maximum absolute atomic E-state index is 11.8. The van der Waals surface area contributed by atoms with E-state index in [1.165, 1.54) is 0 Å². The largest absolute Gasteiger partial charge is 0.340 e. The van der Waals surface area contributed by atoms with E-state index in [1.807, 2.05) is 4.90 Å². The maximum Gasteiger partial charge on any atom is 0.224 e. The summed E-state index contributed by atoms with van der Waals surface area (Å²) < 4.78 is 0. The van der Waals surface area contributed by atoms with E-state index in [0.717, 1.165) is 32.2 Å². The van der Waals surface area contributed by atoms with Crippen LogP contribution in [0.4, 0.5) is 0 Å². The number of nitrogens with zero attached hydrogens (tertiary/aromatic N) is 1. The Morgan fingerprint density at radius 2 is 2.31 bits per heavy atom. The molecule has 1 aliphatic heterocycles. The molecule has 0 aromatic carbocycles. The van der Waals surface area contributed by atoms with E-state index in [4.69, 9.17) is 5.73 Å². The summed E-state index contributed by atoms with van der Waals surface area (Å²) in [7, 11) is 0. The van der Waals surface area contributed by atoms with Gasteiger partial charge >= 0.3 is 0 Å². The molecule has 3 nitrogen and oxygen atoms in total. The maximum atomic E-state index is 11.8. The molecule has 1 aliphatic carbocycles. The molecule has 1 saturated heterocycles. The standard InChI is InChI=1S/C10H18N2O/c1-8-3-2-6-12(8)9(13)7-10(11)4-5-10/h8H,2-7,11H2,1H3. The van der Waals surface area contributed by atoms with Crippen molar-refractivity contribution in [1.82, 2.24) is 4.90 Å². The summed E-state index contributed by atoms with van der Waals surface area (Å²) in [6.07, 6.45) is 4.94. The zero-order valence-corrected chi connectivity index (χ0v) is 8.25. The molecule has 1 amide bonds. The Bertz CT molecular complexity index is 223. The molecule has 0 spiro atoms. The van der Waals surface area contributed by atoms with Crippen molar-refractivity contribution in [1.29, 1.82) is 0 Å². The van der Waals surface area contributed by atoms with Gasteiger partial charge in [-0.2, -0.15) is 0 Å². The molecule has 1 unspecified atom stereocenters. The van der Waals surface area contributed by atoms with Gasteiger partial charge in [-0.1, -0.05) is 0 Å². The normalized spacial score (nSPS) is 30.6. The van der Waals surface area contributed by atoms with E-state index in [0.29, 0.717) is 12.5 Å². The molecular formula is C10H18N2O. The highest BCUT2D eigenvalue weighted by Crippen LogP contribution is 2.36. The molecule has 1 atom stereocenters. The SMILES string of the molecule is CC1CCCN1C(=O)CC1(N)CC1. The summed E-state index contributed by atoms with van der Waals surface area (Å²) in [6.45, 7) is 3.07. The van der Waals surface area contributed by atoms with Gasteiger partial charge in [0.1, 0.15) is 0 Å². The number of nitrogens with two attached hydrogens (primary N) is 1. The summed E-state index contributed by atoms with van der Waals surface area (Å²) in [5.74, 6) is 0.269. The molecule has 3 heteroatoms. The van der Waals surface area contributed by atoms with Gasteiger partial charge in [-0.15, -0.1) is 0 Å². The first-order valence-corrected chi connectivity index (χ1v) is 5.19. The summed E-state index contributed by atoms with van der Waals surface area (Å²) in [4.78, 5) is 13.8. The van der Waals surface area contributed by atoms with Crippen molar-refractivity contribution in [3.8, 4) is 0 Å². The molecule has 1 saturated carbocycles. The lowest BCUT2D eigenvalue weighted by atomic mass is 10.1. The van der Waals surface area contributed by atoms with Gasteiger partial charge in [-0.3, -0.25) is 4.79 Å². The lowest BCUT2D eigenvalue weighted by molar-refractivity contribution is -0.132. The molecule has 0 aromatic rings. The molecule has 13 heavy (non-hydrogen) atoms. The Balaban J connectivity index is 1.89. The fourth-order valence-electron chi connectivity index (χ4n) is 2.04. The monoisotopic (exact) mass is 182 g/mol. The van der Waals surface area contributed by atoms with E-state index in [2.05, 4.69) is 6.92 Å². The first kappa shape index (κ1) is 9.00. The topological polar surface area (TPSA) is 46.3 Å². The van der Waals surface area contributed by atoms with Crippen LogP contribution in [0.3, 0.4) is 0 Å². The van der Waals surface area contributed by atoms with E-state index in [1.54, 1.807) is 0 Å². The van der Waals surface area contributed by atoms with Crippen molar-refractivity contribution in [3.05, 3.63) is 0 Å². The number of likely N-dealkylation sites (tertiary alicyclic amines) is 1. The van der Waals surface area contributed by atoms with E-state index >= 15 is 0 Å². The van der Waals surface area contributed by atoms with Gasteiger partial charge in [0.15, 0.2) is 0 Å². The van der Waals surface area contributed by atoms with Crippen molar-refractivity contribution in [2.75, 3.05) is 6.54 Å². The van der Waals surface area contributed by atoms with Gasteiger partial charge in [0.2, 0.25) is 5.91 Å². The first-order chi connectivity index (χ1) is 6.11. The quantitative estimate of drug-likeness (QED) is 0.689. The average Bonchev–Trinajstić information content (AvgIpc) is 2.63. The van der Waals surface area contributed by atoms with Crippen molar-refractivity contribution in [2.45, 2.75) is 50.6 Å². The highest BCUT2D eigenvalue weighted by Gasteiger charge is 2.42. The van der Waals surface area contributed by atoms with E-state index in [-0.39, 0.29) is 11.4 Å². The van der Waals surface area contributed by atoms with Crippen LogP contribution in [0.1, 0.15) is 39.0 Å². The smallest absolute Gasteiger partial charge is 0.224 e. The van der Waals surface area contributed by atoms with Gasteiger partial charge in [-0.25, -0.2) is 0 Å². The Morgan fingerprint density at radius 3 is 2.77 bits per heavy atom. The van der Waals surface area contributed by atoms with Gasteiger partial charge in [0.25, 0.3) is 0 Å². The lowest BCUT2D eigenvalue weighted by Crippen LogP contribution is -2.38. The molecule has 0 bridgehead atoms. The highest BCUT2D eigenvalue weighted by molar-refractivity contribution is 5.78.